The SMILES string of the molecule is Cc1nc2ncccn2c1C(=O)NC(Cc1ccncc1)C1CC(O)C1. The van der Waals surface area contributed by atoms with E-state index in [1.54, 1.807) is 35.3 Å². The summed E-state index contributed by atoms with van der Waals surface area (Å²) in [5, 5.41) is 12.9. The first-order valence-corrected chi connectivity index (χ1v) is 8.79. The molecule has 2 N–H and O–H groups in total. The molecule has 0 saturated heterocycles. The van der Waals surface area contributed by atoms with Crippen LogP contribution in [0.4, 0.5) is 0 Å². The van der Waals surface area contributed by atoms with Gasteiger partial charge < -0.3 is 10.4 Å². The Hall–Kier alpha value is -2.80. The first-order valence-electron chi connectivity index (χ1n) is 8.79. The number of nitrogens with zero attached hydrogens (tertiary/aromatic N) is 4. The lowest BCUT2D eigenvalue weighted by molar-refractivity contribution is 0.0238. The molecule has 0 radical (unpaired) electrons. The van der Waals surface area contributed by atoms with E-state index in [2.05, 4.69) is 20.3 Å². The summed E-state index contributed by atoms with van der Waals surface area (Å²) in [6.45, 7) is 1.81. The third kappa shape index (κ3) is 3.17. The van der Waals surface area contributed by atoms with Gasteiger partial charge in [0.05, 0.1) is 11.8 Å². The molecule has 1 amide bonds. The van der Waals surface area contributed by atoms with Crippen LogP contribution >= 0.6 is 0 Å². The van der Waals surface area contributed by atoms with Gasteiger partial charge in [0.15, 0.2) is 0 Å². The molecule has 7 heteroatoms. The van der Waals surface area contributed by atoms with Gasteiger partial charge in [0.25, 0.3) is 5.91 Å². The van der Waals surface area contributed by atoms with Gasteiger partial charge in [-0.3, -0.25) is 14.2 Å². The van der Waals surface area contributed by atoms with Crippen molar-refractivity contribution in [2.24, 2.45) is 5.92 Å². The molecule has 1 aliphatic rings. The second-order valence-electron chi connectivity index (χ2n) is 6.86. The van der Waals surface area contributed by atoms with Crippen molar-refractivity contribution in [2.75, 3.05) is 0 Å². The number of hydrogen-bond donors (Lipinski definition) is 2. The quantitative estimate of drug-likeness (QED) is 0.727. The summed E-state index contributed by atoms with van der Waals surface area (Å²) < 4.78 is 1.71. The predicted molar refractivity (Wildman–Crippen MR) is 95.7 cm³/mol. The number of aromatic nitrogens is 4. The zero-order valence-corrected chi connectivity index (χ0v) is 14.5. The highest BCUT2D eigenvalue weighted by Crippen LogP contribution is 2.32. The summed E-state index contributed by atoms with van der Waals surface area (Å²) in [7, 11) is 0. The van der Waals surface area contributed by atoms with Crippen LogP contribution in [-0.4, -0.2) is 42.5 Å². The van der Waals surface area contributed by atoms with Gasteiger partial charge >= 0.3 is 0 Å². The first-order chi connectivity index (χ1) is 12.6. The average molecular weight is 351 g/mol. The highest BCUT2D eigenvalue weighted by Gasteiger charge is 2.35. The van der Waals surface area contributed by atoms with Crippen LogP contribution < -0.4 is 5.32 Å². The Morgan fingerprint density at radius 2 is 2.12 bits per heavy atom. The smallest absolute Gasteiger partial charge is 0.270 e. The molecule has 0 bridgehead atoms. The van der Waals surface area contributed by atoms with Gasteiger partial charge in [-0.25, -0.2) is 9.97 Å². The van der Waals surface area contributed by atoms with Gasteiger partial charge in [-0.05, 0) is 55.9 Å². The summed E-state index contributed by atoms with van der Waals surface area (Å²) in [4.78, 5) is 25.6. The zero-order chi connectivity index (χ0) is 18.1. The van der Waals surface area contributed by atoms with Crippen LogP contribution in [0, 0.1) is 12.8 Å². The number of aryl methyl sites for hydroxylation is 1. The van der Waals surface area contributed by atoms with Crippen LogP contribution in [0.15, 0.2) is 43.0 Å². The van der Waals surface area contributed by atoms with Gasteiger partial charge in [0.2, 0.25) is 5.78 Å². The van der Waals surface area contributed by atoms with Gasteiger partial charge in [-0.1, -0.05) is 0 Å². The Labute approximate surface area is 151 Å². The van der Waals surface area contributed by atoms with Crippen molar-refractivity contribution < 1.29 is 9.90 Å². The molecule has 0 aromatic carbocycles. The second-order valence-corrected chi connectivity index (χ2v) is 6.86. The van der Waals surface area contributed by atoms with E-state index in [1.165, 1.54) is 0 Å². The third-order valence-electron chi connectivity index (χ3n) is 5.03. The summed E-state index contributed by atoms with van der Waals surface area (Å²) >= 11 is 0. The zero-order valence-electron chi connectivity index (χ0n) is 14.5. The molecule has 1 aliphatic carbocycles. The van der Waals surface area contributed by atoms with Gasteiger partial charge in [-0.2, -0.15) is 0 Å². The second kappa shape index (κ2) is 6.84. The van der Waals surface area contributed by atoms with Crippen molar-refractivity contribution in [1.82, 2.24) is 24.7 Å². The average Bonchev–Trinajstić information content (AvgIpc) is 2.95. The molecule has 1 fully saturated rings. The maximum atomic E-state index is 13.0. The van der Waals surface area contributed by atoms with Crippen molar-refractivity contribution in [3.05, 3.63) is 59.9 Å². The van der Waals surface area contributed by atoms with Crippen molar-refractivity contribution in [3.63, 3.8) is 0 Å². The number of fused-ring (bicyclic) bond motifs is 1. The minimum atomic E-state index is -0.265. The van der Waals surface area contributed by atoms with Crippen LogP contribution in [0.2, 0.25) is 0 Å². The Bertz CT molecular complexity index is 918. The van der Waals surface area contributed by atoms with Gasteiger partial charge in [0.1, 0.15) is 5.69 Å². The minimum Gasteiger partial charge on any atom is -0.393 e. The van der Waals surface area contributed by atoms with E-state index in [4.69, 9.17) is 0 Å². The van der Waals surface area contributed by atoms with Crippen LogP contribution in [0.5, 0.6) is 0 Å². The normalized spacial score (nSPS) is 20.5. The molecule has 0 spiro atoms. The fraction of sp³-hybridized carbons (Fsp3) is 0.368. The molecule has 26 heavy (non-hydrogen) atoms. The summed E-state index contributed by atoms with van der Waals surface area (Å²) in [5.41, 5.74) is 2.27. The van der Waals surface area contributed by atoms with E-state index < -0.39 is 0 Å². The molecule has 3 aromatic rings. The lowest BCUT2D eigenvalue weighted by Crippen LogP contribution is -2.48. The van der Waals surface area contributed by atoms with Crippen LogP contribution in [0.25, 0.3) is 5.78 Å². The maximum absolute atomic E-state index is 13.0. The van der Waals surface area contributed by atoms with Crippen molar-refractivity contribution in [1.29, 1.82) is 0 Å². The number of amides is 1. The molecule has 1 atom stereocenters. The molecule has 3 heterocycles. The standard InChI is InChI=1S/C19H21N5O2/c1-12-17(24-8-2-5-21-19(24)22-12)18(26)23-16(14-10-15(25)11-14)9-13-3-6-20-7-4-13/h2-8,14-16,25H,9-11H2,1H3,(H,23,26). The molecule has 1 unspecified atom stereocenters. The molecule has 134 valence electrons. The van der Waals surface area contributed by atoms with Crippen molar-refractivity contribution in [3.8, 4) is 0 Å². The highest BCUT2D eigenvalue weighted by atomic mass is 16.3. The Morgan fingerprint density at radius 1 is 1.35 bits per heavy atom. The van der Waals surface area contributed by atoms with Gasteiger partial charge in [-0.15, -0.1) is 0 Å². The van der Waals surface area contributed by atoms with Crippen LogP contribution in [-0.2, 0) is 6.42 Å². The van der Waals surface area contributed by atoms with E-state index >= 15 is 0 Å². The van der Waals surface area contributed by atoms with Crippen molar-refractivity contribution >= 4 is 11.7 Å². The topological polar surface area (TPSA) is 92.4 Å². The fourth-order valence-corrected chi connectivity index (χ4v) is 3.57. The molecule has 7 nitrogen and oxygen atoms in total. The highest BCUT2D eigenvalue weighted by molar-refractivity contribution is 5.94. The van der Waals surface area contributed by atoms with Crippen LogP contribution in [0.3, 0.4) is 0 Å². The van der Waals surface area contributed by atoms with E-state index in [0.29, 0.717) is 36.4 Å². The number of hydrogen-bond acceptors (Lipinski definition) is 5. The Balaban J connectivity index is 1.58. The molecule has 3 aromatic heterocycles. The Morgan fingerprint density at radius 3 is 2.85 bits per heavy atom. The summed E-state index contributed by atoms with van der Waals surface area (Å²) in [6, 6.07) is 5.65. The third-order valence-corrected chi connectivity index (χ3v) is 5.03. The molecule has 1 saturated carbocycles. The number of carbonyl (C=O) groups excluding carboxylic acids is 1. The molecular weight excluding hydrogens is 330 g/mol. The fourth-order valence-electron chi connectivity index (χ4n) is 3.57. The van der Waals surface area contributed by atoms with E-state index in [-0.39, 0.29) is 24.0 Å². The molecule has 0 aliphatic heterocycles. The Kier molecular flexibility index (Phi) is 4.38. The minimum absolute atomic E-state index is 0.0464. The number of nitrogens with one attached hydrogen (secondary N) is 1. The largest absolute Gasteiger partial charge is 0.393 e. The summed E-state index contributed by atoms with van der Waals surface area (Å²) in [6.07, 6.45) is 8.83. The van der Waals surface area contributed by atoms with Gasteiger partial charge in [0, 0.05) is 30.8 Å². The summed E-state index contributed by atoms with van der Waals surface area (Å²) in [5.74, 6) is 0.614. The lowest BCUT2D eigenvalue weighted by Gasteiger charge is -2.38. The van der Waals surface area contributed by atoms with Crippen molar-refractivity contribution in [2.45, 2.75) is 38.3 Å². The number of aliphatic hydroxyl groups is 1. The number of imidazole rings is 1. The lowest BCUT2D eigenvalue weighted by atomic mass is 9.75. The maximum Gasteiger partial charge on any atom is 0.270 e. The molecular formula is C19H21N5O2. The predicted octanol–water partition coefficient (Wildman–Crippen LogP) is 1.54. The van der Waals surface area contributed by atoms with E-state index in [1.807, 2.05) is 19.1 Å². The molecule has 4 rings (SSSR count). The number of pyridine rings is 1. The number of rotatable bonds is 5. The first kappa shape index (κ1) is 16.7. The van der Waals surface area contributed by atoms with E-state index in [0.717, 1.165) is 5.56 Å². The number of carbonyl (C=O) groups is 1. The number of aliphatic hydroxyl groups excluding tert-OH is 1. The van der Waals surface area contributed by atoms with E-state index in [9.17, 15) is 9.90 Å². The monoisotopic (exact) mass is 351 g/mol. The van der Waals surface area contributed by atoms with Crippen LogP contribution in [0.1, 0.15) is 34.6 Å².